The summed E-state index contributed by atoms with van der Waals surface area (Å²) in [5, 5.41) is 3.30. The summed E-state index contributed by atoms with van der Waals surface area (Å²) in [7, 11) is 0. The second kappa shape index (κ2) is 7.75. The molecule has 1 unspecified atom stereocenters. The lowest BCUT2D eigenvalue weighted by molar-refractivity contribution is 0.306. The molecule has 1 heterocycles. The fourth-order valence-corrected chi connectivity index (χ4v) is 2.10. The van der Waals surface area contributed by atoms with Gasteiger partial charge in [-0.2, -0.15) is 0 Å². The minimum Gasteiger partial charge on any atom is -0.492 e. The number of benzene rings is 1. The third kappa shape index (κ3) is 4.14. The van der Waals surface area contributed by atoms with E-state index in [4.69, 9.17) is 9.15 Å². The van der Waals surface area contributed by atoms with Crippen molar-refractivity contribution in [3.8, 4) is 5.75 Å². The summed E-state index contributed by atoms with van der Waals surface area (Å²) in [6.45, 7) is 6.64. The van der Waals surface area contributed by atoms with Gasteiger partial charge in [0, 0.05) is 6.54 Å². The van der Waals surface area contributed by atoms with E-state index in [1.54, 1.807) is 6.26 Å². The quantitative estimate of drug-likeness (QED) is 0.739. The summed E-state index contributed by atoms with van der Waals surface area (Å²) in [4.78, 5) is 0. The molecule has 1 aromatic carbocycles. The third-order valence-electron chi connectivity index (χ3n) is 3.48. The van der Waals surface area contributed by atoms with Crippen LogP contribution in [0.1, 0.15) is 37.5 Å². The standard InChI is InChI=1S/C17H23NO2/c1-3-14(2)16-8-4-5-9-17(16)20-12-10-18-13-15-7-6-11-19-15/h4-9,11,14,18H,3,10,12-13H2,1-2H3. The van der Waals surface area contributed by atoms with Crippen molar-refractivity contribution in [1.82, 2.24) is 5.32 Å². The maximum absolute atomic E-state index is 5.89. The molecule has 1 N–H and O–H groups in total. The highest BCUT2D eigenvalue weighted by Gasteiger charge is 2.08. The highest BCUT2D eigenvalue weighted by molar-refractivity contribution is 5.35. The second-order valence-electron chi connectivity index (χ2n) is 4.95. The van der Waals surface area contributed by atoms with Crippen LogP contribution in [0, 0.1) is 0 Å². The van der Waals surface area contributed by atoms with E-state index in [0.29, 0.717) is 12.5 Å². The van der Waals surface area contributed by atoms with Crippen LogP contribution in [-0.2, 0) is 6.54 Å². The van der Waals surface area contributed by atoms with Gasteiger partial charge in [-0.1, -0.05) is 32.0 Å². The average molecular weight is 273 g/mol. The molecule has 3 nitrogen and oxygen atoms in total. The fraction of sp³-hybridized carbons (Fsp3) is 0.412. The van der Waals surface area contributed by atoms with Crippen molar-refractivity contribution >= 4 is 0 Å². The van der Waals surface area contributed by atoms with Crippen molar-refractivity contribution in [2.24, 2.45) is 0 Å². The van der Waals surface area contributed by atoms with Gasteiger partial charge < -0.3 is 14.5 Å². The van der Waals surface area contributed by atoms with E-state index >= 15 is 0 Å². The van der Waals surface area contributed by atoms with E-state index in [0.717, 1.165) is 31.0 Å². The Hall–Kier alpha value is -1.74. The molecular formula is C17H23NO2. The molecule has 0 saturated carbocycles. The molecule has 2 aromatic rings. The molecule has 1 atom stereocenters. The highest BCUT2D eigenvalue weighted by Crippen LogP contribution is 2.28. The first-order valence-corrected chi connectivity index (χ1v) is 7.26. The largest absolute Gasteiger partial charge is 0.492 e. The molecule has 3 heteroatoms. The topological polar surface area (TPSA) is 34.4 Å². The zero-order valence-electron chi connectivity index (χ0n) is 12.3. The second-order valence-corrected chi connectivity index (χ2v) is 4.95. The summed E-state index contributed by atoms with van der Waals surface area (Å²) < 4.78 is 11.1. The van der Waals surface area contributed by atoms with Gasteiger partial charge in [0.25, 0.3) is 0 Å². The Bertz CT molecular complexity index is 493. The molecule has 0 saturated heterocycles. The summed E-state index contributed by atoms with van der Waals surface area (Å²) in [5.74, 6) is 2.48. The van der Waals surface area contributed by atoms with Crippen molar-refractivity contribution in [3.05, 3.63) is 54.0 Å². The van der Waals surface area contributed by atoms with Crippen LogP contribution in [0.3, 0.4) is 0 Å². The number of hydrogen-bond acceptors (Lipinski definition) is 3. The van der Waals surface area contributed by atoms with Gasteiger partial charge in [0.2, 0.25) is 0 Å². The van der Waals surface area contributed by atoms with E-state index in [-0.39, 0.29) is 0 Å². The Kier molecular flexibility index (Phi) is 5.69. The minimum absolute atomic E-state index is 0.530. The van der Waals surface area contributed by atoms with Crippen LogP contribution >= 0.6 is 0 Å². The van der Waals surface area contributed by atoms with Gasteiger partial charge in [-0.3, -0.25) is 0 Å². The SMILES string of the molecule is CCC(C)c1ccccc1OCCNCc1ccco1. The normalized spacial score (nSPS) is 12.3. The summed E-state index contributed by atoms with van der Waals surface area (Å²) in [5.41, 5.74) is 1.29. The molecule has 0 aliphatic carbocycles. The van der Waals surface area contributed by atoms with E-state index < -0.39 is 0 Å². The molecule has 0 bridgehead atoms. The molecule has 0 radical (unpaired) electrons. The highest BCUT2D eigenvalue weighted by atomic mass is 16.5. The van der Waals surface area contributed by atoms with E-state index in [9.17, 15) is 0 Å². The Morgan fingerprint density at radius 3 is 2.80 bits per heavy atom. The fourth-order valence-electron chi connectivity index (χ4n) is 2.10. The first-order chi connectivity index (χ1) is 9.81. The van der Waals surface area contributed by atoms with Gasteiger partial charge >= 0.3 is 0 Å². The van der Waals surface area contributed by atoms with Crippen molar-refractivity contribution < 1.29 is 9.15 Å². The van der Waals surface area contributed by atoms with Crippen molar-refractivity contribution in [2.75, 3.05) is 13.2 Å². The van der Waals surface area contributed by atoms with Crippen LogP contribution in [-0.4, -0.2) is 13.2 Å². The predicted octanol–water partition coefficient (Wildman–Crippen LogP) is 3.96. The molecular weight excluding hydrogens is 250 g/mol. The lowest BCUT2D eigenvalue weighted by Crippen LogP contribution is -2.20. The molecule has 0 amide bonds. The van der Waals surface area contributed by atoms with Crippen LogP contribution in [0.5, 0.6) is 5.75 Å². The molecule has 0 fully saturated rings. The lowest BCUT2D eigenvalue weighted by atomic mass is 9.98. The first-order valence-electron chi connectivity index (χ1n) is 7.26. The van der Waals surface area contributed by atoms with Crippen LogP contribution in [0.25, 0.3) is 0 Å². The van der Waals surface area contributed by atoms with Crippen molar-refractivity contribution in [2.45, 2.75) is 32.7 Å². The number of hydrogen-bond donors (Lipinski definition) is 1. The van der Waals surface area contributed by atoms with E-state index in [1.807, 2.05) is 24.3 Å². The number of nitrogens with one attached hydrogen (secondary N) is 1. The number of para-hydroxylation sites is 1. The van der Waals surface area contributed by atoms with Gasteiger partial charge in [0.15, 0.2) is 0 Å². The van der Waals surface area contributed by atoms with Crippen LogP contribution in [0.4, 0.5) is 0 Å². The van der Waals surface area contributed by atoms with Gasteiger partial charge in [0.1, 0.15) is 18.1 Å². The summed E-state index contributed by atoms with van der Waals surface area (Å²) in [6, 6.07) is 12.2. The first kappa shape index (κ1) is 14.7. The molecule has 0 aliphatic heterocycles. The van der Waals surface area contributed by atoms with Crippen LogP contribution < -0.4 is 10.1 Å². The van der Waals surface area contributed by atoms with Crippen LogP contribution in [0.15, 0.2) is 47.1 Å². The van der Waals surface area contributed by atoms with Gasteiger partial charge in [0.05, 0.1) is 12.8 Å². The average Bonchev–Trinajstić information content (AvgIpc) is 3.00. The smallest absolute Gasteiger partial charge is 0.122 e. The van der Waals surface area contributed by atoms with Gasteiger partial charge in [-0.15, -0.1) is 0 Å². The van der Waals surface area contributed by atoms with Crippen molar-refractivity contribution in [3.63, 3.8) is 0 Å². The number of ether oxygens (including phenoxy) is 1. The number of furan rings is 1. The zero-order chi connectivity index (χ0) is 14.2. The molecule has 0 spiro atoms. The lowest BCUT2D eigenvalue weighted by Gasteiger charge is -2.15. The Balaban J connectivity index is 1.76. The molecule has 108 valence electrons. The molecule has 0 aliphatic rings. The third-order valence-corrected chi connectivity index (χ3v) is 3.48. The van der Waals surface area contributed by atoms with Gasteiger partial charge in [-0.25, -0.2) is 0 Å². The minimum atomic E-state index is 0.530. The maximum atomic E-state index is 5.89. The van der Waals surface area contributed by atoms with Crippen LogP contribution in [0.2, 0.25) is 0 Å². The van der Waals surface area contributed by atoms with Crippen molar-refractivity contribution in [1.29, 1.82) is 0 Å². The number of rotatable bonds is 8. The Labute approximate surface area is 121 Å². The van der Waals surface area contributed by atoms with E-state index in [1.165, 1.54) is 5.56 Å². The zero-order valence-corrected chi connectivity index (χ0v) is 12.3. The summed E-state index contributed by atoms with van der Waals surface area (Å²) in [6.07, 6.45) is 2.81. The maximum Gasteiger partial charge on any atom is 0.122 e. The van der Waals surface area contributed by atoms with Gasteiger partial charge in [-0.05, 0) is 36.1 Å². The molecule has 20 heavy (non-hydrogen) atoms. The monoisotopic (exact) mass is 273 g/mol. The predicted molar refractivity (Wildman–Crippen MR) is 81.1 cm³/mol. The Morgan fingerprint density at radius 1 is 1.20 bits per heavy atom. The Morgan fingerprint density at radius 2 is 2.05 bits per heavy atom. The van der Waals surface area contributed by atoms with E-state index in [2.05, 4.69) is 31.3 Å². The molecule has 2 rings (SSSR count). The molecule has 1 aromatic heterocycles. The summed E-state index contributed by atoms with van der Waals surface area (Å²) >= 11 is 0.